The third-order valence-electron chi connectivity index (χ3n) is 7.35. The number of nitrogens with one attached hydrogen (secondary N) is 1. The van der Waals surface area contributed by atoms with Crippen LogP contribution in [-0.4, -0.2) is 34.0 Å². The summed E-state index contributed by atoms with van der Waals surface area (Å²) in [5.41, 5.74) is 5.79. The van der Waals surface area contributed by atoms with Crippen molar-refractivity contribution in [1.82, 2.24) is 15.2 Å². The summed E-state index contributed by atoms with van der Waals surface area (Å²) in [6.07, 6.45) is 9.61. The van der Waals surface area contributed by atoms with E-state index in [1.807, 2.05) is 43.5 Å². The molecule has 1 atom stereocenters. The number of aromatic nitrogens is 1. The SMILES string of the molecule is CCc1c(OCc2ccc(CN3C=CC(c4ccccn4)=CC3)cc2)cccc1C(=O)CC1CCC(=O)NC1=O.[HH]. The van der Waals surface area contributed by atoms with Crippen LogP contribution in [-0.2, 0) is 29.2 Å². The van der Waals surface area contributed by atoms with E-state index in [9.17, 15) is 14.4 Å². The zero-order valence-electron chi connectivity index (χ0n) is 22.6. The summed E-state index contributed by atoms with van der Waals surface area (Å²) < 4.78 is 6.16. The molecule has 0 radical (unpaired) electrons. The Balaban J connectivity index is 0.00000387. The highest BCUT2D eigenvalue weighted by Crippen LogP contribution is 2.28. The largest absolute Gasteiger partial charge is 0.489 e. The highest BCUT2D eigenvalue weighted by Gasteiger charge is 2.29. The molecule has 1 N–H and O–H groups in total. The van der Waals surface area contributed by atoms with Gasteiger partial charge in [-0.1, -0.05) is 55.5 Å². The van der Waals surface area contributed by atoms with E-state index in [1.54, 1.807) is 6.07 Å². The Kier molecular flexibility index (Phi) is 8.50. The zero-order chi connectivity index (χ0) is 27.9. The van der Waals surface area contributed by atoms with E-state index in [-0.39, 0.29) is 31.9 Å². The summed E-state index contributed by atoms with van der Waals surface area (Å²) in [4.78, 5) is 43.3. The zero-order valence-corrected chi connectivity index (χ0v) is 22.6. The quantitative estimate of drug-likeness (QED) is 0.271. The summed E-state index contributed by atoms with van der Waals surface area (Å²) in [6, 6.07) is 19.8. The van der Waals surface area contributed by atoms with Crippen LogP contribution < -0.4 is 10.1 Å². The average Bonchev–Trinajstić information content (AvgIpc) is 2.99. The first-order chi connectivity index (χ1) is 19.5. The van der Waals surface area contributed by atoms with Gasteiger partial charge in [0.25, 0.3) is 0 Å². The van der Waals surface area contributed by atoms with Gasteiger partial charge in [-0.3, -0.25) is 24.7 Å². The maximum Gasteiger partial charge on any atom is 0.230 e. The molecule has 3 aromatic rings. The van der Waals surface area contributed by atoms with Gasteiger partial charge >= 0.3 is 0 Å². The van der Waals surface area contributed by atoms with Crippen LogP contribution in [0.3, 0.4) is 0 Å². The molecule has 2 aliphatic heterocycles. The Hall–Kier alpha value is -4.52. The molecular weight excluding hydrogens is 502 g/mol. The molecule has 0 aliphatic carbocycles. The van der Waals surface area contributed by atoms with Crippen molar-refractivity contribution in [2.24, 2.45) is 5.92 Å². The van der Waals surface area contributed by atoms with Crippen LogP contribution in [0.15, 0.2) is 85.2 Å². The third-order valence-corrected chi connectivity index (χ3v) is 7.35. The van der Waals surface area contributed by atoms with Crippen molar-refractivity contribution in [1.29, 1.82) is 0 Å². The van der Waals surface area contributed by atoms with Crippen molar-refractivity contribution in [2.75, 3.05) is 6.54 Å². The Morgan fingerprint density at radius 3 is 2.60 bits per heavy atom. The topological polar surface area (TPSA) is 88.6 Å². The molecule has 2 aromatic carbocycles. The van der Waals surface area contributed by atoms with Gasteiger partial charge in [0.1, 0.15) is 12.4 Å². The second-order valence-corrected chi connectivity index (χ2v) is 10.1. The van der Waals surface area contributed by atoms with Crippen molar-refractivity contribution in [3.63, 3.8) is 0 Å². The Morgan fingerprint density at radius 1 is 1.07 bits per heavy atom. The predicted molar refractivity (Wildman–Crippen MR) is 155 cm³/mol. The van der Waals surface area contributed by atoms with Gasteiger partial charge < -0.3 is 9.64 Å². The summed E-state index contributed by atoms with van der Waals surface area (Å²) >= 11 is 0. The van der Waals surface area contributed by atoms with Crippen molar-refractivity contribution in [3.05, 3.63) is 113 Å². The minimum Gasteiger partial charge on any atom is -0.489 e. The average molecular weight is 538 g/mol. The molecule has 1 unspecified atom stereocenters. The lowest BCUT2D eigenvalue weighted by Crippen LogP contribution is -2.41. The fourth-order valence-electron chi connectivity index (χ4n) is 5.10. The maximum atomic E-state index is 13.1. The molecule has 206 valence electrons. The summed E-state index contributed by atoms with van der Waals surface area (Å²) in [6.45, 7) is 4.01. The van der Waals surface area contributed by atoms with E-state index in [0.29, 0.717) is 30.8 Å². The molecule has 40 heavy (non-hydrogen) atoms. The van der Waals surface area contributed by atoms with E-state index in [0.717, 1.165) is 35.5 Å². The van der Waals surface area contributed by atoms with Gasteiger partial charge in [0.05, 0.1) is 5.69 Å². The number of amides is 2. The molecule has 1 fully saturated rings. The van der Waals surface area contributed by atoms with Crippen LogP contribution >= 0.6 is 0 Å². The summed E-state index contributed by atoms with van der Waals surface area (Å²) in [5, 5.41) is 2.33. The number of imide groups is 1. The number of allylic oxidation sites excluding steroid dienone is 2. The number of benzene rings is 2. The molecule has 7 nitrogen and oxygen atoms in total. The third kappa shape index (κ3) is 6.54. The molecule has 7 heteroatoms. The second kappa shape index (κ2) is 12.6. The van der Waals surface area contributed by atoms with Gasteiger partial charge in [0.2, 0.25) is 11.8 Å². The normalized spacial score (nSPS) is 16.9. The van der Waals surface area contributed by atoms with Gasteiger partial charge in [0, 0.05) is 56.8 Å². The van der Waals surface area contributed by atoms with Crippen molar-refractivity contribution in [2.45, 2.75) is 45.8 Å². The first-order valence-corrected chi connectivity index (χ1v) is 13.7. The monoisotopic (exact) mass is 537 g/mol. The number of hydrogen-bond acceptors (Lipinski definition) is 6. The number of rotatable bonds is 10. The van der Waals surface area contributed by atoms with Gasteiger partial charge in [-0.2, -0.15) is 0 Å². The van der Waals surface area contributed by atoms with Crippen molar-refractivity contribution >= 4 is 23.2 Å². The second-order valence-electron chi connectivity index (χ2n) is 10.1. The number of nitrogens with zero attached hydrogens (tertiary/aromatic N) is 2. The van der Waals surface area contributed by atoms with Crippen LogP contribution in [0, 0.1) is 5.92 Å². The van der Waals surface area contributed by atoms with E-state index >= 15 is 0 Å². The lowest BCUT2D eigenvalue weighted by atomic mass is 9.89. The van der Waals surface area contributed by atoms with E-state index in [2.05, 4.69) is 57.8 Å². The Labute approximate surface area is 236 Å². The molecule has 0 bridgehead atoms. The molecule has 2 aliphatic rings. The molecule has 1 saturated heterocycles. The lowest BCUT2D eigenvalue weighted by molar-refractivity contribution is -0.136. The van der Waals surface area contributed by atoms with Crippen LogP contribution in [0.2, 0.25) is 0 Å². The lowest BCUT2D eigenvalue weighted by Gasteiger charge is -2.23. The van der Waals surface area contributed by atoms with Crippen LogP contribution in [0.1, 0.15) is 60.4 Å². The van der Waals surface area contributed by atoms with E-state index < -0.39 is 5.92 Å². The fraction of sp³-hybridized carbons (Fsp3) is 0.273. The molecular formula is C33H35N3O4. The highest BCUT2D eigenvalue weighted by atomic mass is 16.5. The van der Waals surface area contributed by atoms with Gasteiger partial charge in [0.15, 0.2) is 5.78 Å². The number of Topliss-reactive ketones (excluding diaryl/α,β-unsaturated/α-hetero) is 1. The maximum absolute atomic E-state index is 13.1. The fourth-order valence-corrected chi connectivity index (χ4v) is 5.10. The first-order valence-electron chi connectivity index (χ1n) is 13.7. The van der Waals surface area contributed by atoms with Crippen LogP contribution in [0.25, 0.3) is 5.57 Å². The van der Waals surface area contributed by atoms with E-state index in [4.69, 9.17) is 4.74 Å². The minimum atomic E-state index is -0.475. The van der Waals surface area contributed by atoms with Crippen LogP contribution in [0.5, 0.6) is 5.75 Å². The number of piperidine rings is 1. The Morgan fingerprint density at radius 2 is 1.90 bits per heavy atom. The van der Waals surface area contributed by atoms with Crippen LogP contribution in [0.4, 0.5) is 0 Å². The standard InChI is InChI=1S/C33H33N3O4.H2/c1-2-27-28(30(37)20-26-13-14-32(38)35-33(26)39)6-5-8-31(27)40-22-24-11-9-23(10-12-24)21-36-18-15-25(16-19-36)29-7-3-4-17-34-29;/h3-12,15-18,26H,2,13-14,19-22H2,1H3,(H,35,38,39);1H. The predicted octanol–water partition coefficient (Wildman–Crippen LogP) is 5.51. The summed E-state index contributed by atoms with van der Waals surface area (Å²) in [7, 11) is 0. The molecule has 3 heterocycles. The minimum absolute atomic E-state index is 0. The number of pyridine rings is 1. The first kappa shape index (κ1) is 27.1. The molecule has 0 spiro atoms. The van der Waals surface area contributed by atoms with Gasteiger partial charge in [-0.05, 0) is 53.8 Å². The van der Waals surface area contributed by atoms with E-state index in [1.165, 1.54) is 5.56 Å². The Bertz CT molecular complexity index is 1450. The summed E-state index contributed by atoms with van der Waals surface area (Å²) in [5.74, 6) is -0.538. The smallest absolute Gasteiger partial charge is 0.230 e. The number of carbonyl (C=O) groups excluding carboxylic acids is 3. The van der Waals surface area contributed by atoms with Gasteiger partial charge in [-0.25, -0.2) is 0 Å². The van der Waals surface area contributed by atoms with Crippen molar-refractivity contribution < 1.29 is 20.5 Å². The number of carbonyl (C=O) groups is 3. The number of ether oxygens (including phenoxy) is 1. The van der Waals surface area contributed by atoms with Crippen molar-refractivity contribution in [3.8, 4) is 5.75 Å². The van der Waals surface area contributed by atoms with Gasteiger partial charge in [-0.15, -0.1) is 0 Å². The number of hydrogen-bond donors (Lipinski definition) is 1. The molecule has 0 saturated carbocycles. The number of ketones is 1. The molecule has 2 amide bonds. The highest BCUT2D eigenvalue weighted by molar-refractivity contribution is 6.04. The molecule has 1 aromatic heterocycles. The molecule has 5 rings (SSSR count).